The van der Waals surface area contributed by atoms with Gasteiger partial charge in [0.05, 0.1) is 11.1 Å². The fraction of sp³-hybridized carbons (Fsp3) is 0.333. The lowest BCUT2D eigenvalue weighted by atomic mass is 9.81. The first-order valence-electron chi connectivity index (χ1n) is 6.38. The summed E-state index contributed by atoms with van der Waals surface area (Å²) in [7, 11) is 0. The number of allylic oxidation sites excluding steroid dienone is 2. The van der Waals surface area contributed by atoms with Crippen molar-refractivity contribution in [2.24, 2.45) is 0 Å². The molecule has 0 spiro atoms. The molecule has 0 bridgehead atoms. The number of phenols is 2. The smallest absolute Gasteiger partial charge is 0.232 e. The molecule has 0 radical (unpaired) electrons. The van der Waals surface area contributed by atoms with Gasteiger partial charge in [0.1, 0.15) is 17.1 Å². The van der Waals surface area contributed by atoms with Gasteiger partial charge in [0.25, 0.3) is 0 Å². The fourth-order valence-electron chi connectivity index (χ4n) is 2.63. The predicted molar refractivity (Wildman–Crippen MR) is 69.9 cm³/mol. The molecule has 104 valence electrons. The average molecular weight is 274 g/mol. The van der Waals surface area contributed by atoms with Crippen LogP contribution in [0.1, 0.15) is 47.4 Å². The van der Waals surface area contributed by atoms with Crippen LogP contribution in [0.5, 0.6) is 11.5 Å². The molecule has 5 heteroatoms. The van der Waals surface area contributed by atoms with E-state index in [4.69, 9.17) is 4.74 Å². The van der Waals surface area contributed by atoms with E-state index in [-0.39, 0.29) is 34.0 Å². The van der Waals surface area contributed by atoms with Gasteiger partial charge in [0.2, 0.25) is 5.78 Å². The lowest BCUT2D eigenvalue weighted by Crippen LogP contribution is -2.35. The summed E-state index contributed by atoms with van der Waals surface area (Å²) in [6, 6.07) is 2.40. The van der Waals surface area contributed by atoms with Crippen LogP contribution >= 0.6 is 0 Å². The summed E-state index contributed by atoms with van der Waals surface area (Å²) in [6.07, 6.45) is 1.03. The van der Waals surface area contributed by atoms with E-state index in [9.17, 15) is 19.8 Å². The van der Waals surface area contributed by atoms with Crippen LogP contribution in [0.15, 0.2) is 23.5 Å². The number of rotatable bonds is 0. The molecule has 20 heavy (non-hydrogen) atoms. The minimum atomic E-state index is -0.546. The molecule has 0 amide bonds. The molecule has 2 N–H and O–H groups in total. The van der Waals surface area contributed by atoms with E-state index >= 15 is 0 Å². The largest absolute Gasteiger partial charge is 0.507 e. The Morgan fingerprint density at radius 1 is 1.05 bits per heavy atom. The third-order valence-electron chi connectivity index (χ3n) is 3.73. The third kappa shape index (κ3) is 1.62. The first kappa shape index (κ1) is 12.7. The summed E-state index contributed by atoms with van der Waals surface area (Å²) in [5.41, 5.74) is -0.551. The zero-order valence-corrected chi connectivity index (χ0v) is 11.2. The maximum absolute atomic E-state index is 12.5. The summed E-state index contributed by atoms with van der Waals surface area (Å²) >= 11 is 0. The minimum Gasteiger partial charge on any atom is -0.507 e. The lowest BCUT2D eigenvalue weighted by Gasteiger charge is -2.35. The van der Waals surface area contributed by atoms with Gasteiger partial charge < -0.3 is 14.9 Å². The van der Waals surface area contributed by atoms with Crippen molar-refractivity contribution in [2.75, 3.05) is 0 Å². The number of ketones is 2. The number of benzene rings is 1. The quantitative estimate of drug-likeness (QED) is 0.709. The summed E-state index contributed by atoms with van der Waals surface area (Å²) in [6.45, 7) is 3.68. The highest BCUT2D eigenvalue weighted by Crippen LogP contribution is 2.42. The van der Waals surface area contributed by atoms with E-state index in [1.54, 1.807) is 0 Å². The fourth-order valence-corrected chi connectivity index (χ4v) is 2.63. The van der Waals surface area contributed by atoms with E-state index in [0.29, 0.717) is 12.8 Å². The van der Waals surface area contributed by atoms with Crippen molar-refractivity contribution in [1.82, 2.24) is 0 Å². The van der Waals surface area contributed by atoms with Crippen molar-refractivity contribution in [2.45, 2.75) is 32.3 Å². The van der Waals surface area contributed by atoms with E-state index in [2.05, 4.69) is 0 Å². The zero-order valence-electron chi connectivity index (χ0n) is 11.2. The topological polar surface area (TPSA) is 83.8 Å². The lowest BCUT2D eigenvalue weighted by molar-refractivity contribution is 0.0101. The molecule has 1 aliphatic carbocycles. The molecule has 0 saturated carbocycles. The van der Waals surface area contributed by atoms with E-state index < -0.39 is 17.2 Å². The van der Waals surface area contributed by atoms with Crippen LogP contribution in [0.4, 0.5) is 0 Å². The van der Waals surface area contributed by atoms with Crippen LogP contribution in [0, 0.1) is 0 Å². The molecule has 0 unspecified atom stereocenters. The predicted octanol–water partition coefficient (Wildman–Crippen LogP) is 2.32. The number of carbonyl (C=O) groups excluding carboxylic acids is 2. The molecule has 1 aromatic carbocycles. The van der Waals surface area contributed by atoms with Crippen LogP contribution < -0.4 is 0 Å². The average Bonchev–Trinajstić information content (AvgIpc) is 2.37. The number of ether oxygens (including phenoxy) is 1. The van der Waals surface area contributed by atoms with Crippen molar-refractivity contribution in [1.29, 1.82) is 0 Å². The summed E-state index contributed by atoms with van der Waals surface area (Å²) in [5, 5.41) is 19.6. The monoisotopic (exact) mass is 274 g/mol. The van der Waals surface area contributed by atoms with E-state index in [1.807, 2.05) is 13.8 Å². The Labute approximate surface area is 115 Å². The van der Waals surface area contributed by atoms with Gasteiger partial charge in [-0.15, -0.1) is 0 Å². The van der Waals surface area contributed by atoms with E-state index in [0.717, 1.165) is 0 Å². The molecule has 1 aliphatic heterocycles. The second kappa shape index (κ2) is 3.85. The number of Topliss-reactive ketones (excluding diaryl/α,β-unsaturated/α-hetero) is 2. The molecule has 5 nitrogen and oxygen atoms in total. The Morgan fingerprint density at radius 3 is 2.20 bits per heavy atom. The van der Waals surface area contributed by atoms with Crippen molar-refractivity contribution in [3.8, 4) is 11.5 Å². The molecule has 0 fully saturated rings. The number of aromatic hydroxyl groups is 2. The Kier molecular flexibility index (Phi) is 2.45. The second-order valence-electron chi connectivity index (χ2n) is 5.68. The SMILES string of the molecule is CC1(C)CCC2=C(O1)C(=O)c1c(O)ccc(O)c1C2=O. The molecule has 1 heterocycles. The molecule has 2 aliphatic rings. The number of hydrogen-bond acceptors (Lipinski definition) is 5. The highest BCUT2D eigenvalue weighted by atomic mass is 16.5. The van der Waals surface area contributed by atoms with Gasteiger partial charge in [0.15, 0.2) is 11.5 Å². The second-order valence-corrected chi connectivity index (χ2v) is 5.68. The van der Waals surface area contributed by atoms with Crippen LogP contribution in [0.2, 0.25) is 0 Å². The summed E-state index contributed by atoms with van der Waals surface area (Å²) < 4.78 is 5.63. The van der Waals surface area contributed by atoms with Gasteiger partial charge in [-0.3, -0.25) is 9.59 Å². The Morgan fingerprint density at radius 2 is 1.60 bits per heavy atom. The molecule has 0 atom stereocenters. The summed E-state index contributed by atoms with van der Waals surface area (Å²) in [4.78, 5) is 24.9. The van der Waals surface area contributed by atoms with Crippen LogP contribution in [0.3, 0.4) is 0 Å². The van der Waals surface area contributed by atoms with Gasteiger partial charge in [-0.2, -0.15) is 0 Å². The number of carbonyl (C=O) groups is 2. The van der Waals surface area contributed by atoms with E-state index in [1.165, 1.54) is 12.1 Å². The molecule has 0 aromatic heterocycles. The molecular weight excluding hydrogens is 260 g/mol. The van der Waals surface area contributed by atoms with Crippen molar-refractivity contribution in [3.63, 3.8) is 0 Å². The number of phenolic OH excluding ortho intramolecular Hbond substituents is 2. The Hall–Kier alpha value is -2.30. The minimum absolute atomic E-state index is 0.000324. The van der Waals surface area contributed by atoms with Crippen molar-refractivity contribution >= 4 is 11.6 Å². The van der Waals surface area contributed by atoms with Crippen LogP contribution in [0.25, 0.3) is 0 Å². The number of hydrogen-bond donors (Lipinski definition) is 2. The molecule has 1 aromatic rings. The first-order chi connectivity index (χ1) is 9.32. The van der Waals surface area contributed by atoms with Gasteiger partial charge in [0, 0.05) is 5.57 Å². The number of fused-ring (bicyclic) bond motifs is 1. The van der Waals surface area contributed by atoms with Crippen LogP contribution in [-0.2, 0) is 4.74 Å². The third-order valence-corrected chi connectivity index (χ3v) is 3.73. The first-order valence-corrected chi connectivity index (χ1v) is 6.38. The van der Waals surface area contributed by atoms with Crippen molar-refractivity contribution < 1.29 is 24.5 Å². The maximum Gasteiger partial charge on any atom is 0.232 e. The Bertz CT molecular complexity index is 682. The summed E-state index contributed by atoms with van der Waals surface area (Å²) in [5.74, 6) is -1.61. The van der Waals surface area contributed by atoms with Crippen molar-refractivity contribution in [3.05, 3.63) is 34.6 Å². The van der Waals surface area contributed by atoms with Gasteiger partial charge >= 0.3 is 0 Å². The molecular formula is C15H14O5. The standard InChI is InChI=1S/C15H14O5/c1-15(2)6-5-7-12(18)10-8(16)3-4-9(17)11(10)13(19)14(7)20-15/h3-4,16-17H,5-6H2,1-2H3. The highest BCUT2D eigenvalue weighted by molar-refractivity contribution is 6.28. The molecule has 0 saturated heterocycles. The van der Waals surface area contributed by atoms with Crippen LogP contribution in [-0.4, -0.2) is 27.4 Å². The Balaban J connectivity index is 2.24. The normalized spacial score (nSPS) is 20.3. The highest BCUT2D eigenvalue weighted by Gasteiger charge is 2.42. The maximum atomic E-state index is 12.5. The van der Waals surface area contributed by atoms with Gasteiger partial charge in [-0.05, 0) is 38.8 Å². The molecule has 3 rings (SSSR count). The van der Waals surface area contributed by atoms with Gasteiger partial charge in [-0.25, -0.2) is 0 Å². The van der Waals surface area contributed by atoms with Gasteiger partial charge in [-0.1, -0.05) is 0 Å². The zero-order chi connectivity index (χ0) is 14.7.